The second-order valence-electron chi connectivity index (χ2n) is 3.79. The highest BCUT2D eigenvalue weighted by molar-refractivity contribution is 5.76. The lowest BCUT2D eigenvalue weighted by Gasteiger charge is -2.13. The molecule has 3 heteroatoms. The van der Waals surface area contributed by atoms with E-state index in [0.29, 0.717) is 6.42 Å². The fraction of sp³-hybridized carbons (Fsp3) is 0.545. The SMILES string of the molecule is O=C1CCCCC(Cc2ccco2)N1. The van der Waals surface area contributed by atoms with Crippen molar-refractivity contribution < 1.29 is 9.21 Å². The van der Waals surface area contributed by atoms with Gasteiger partial charge in [-0.1, -0.05) is 6.42 Å². The van der Waals surface area contributed by atoms with Gasteiger partial charge in [0.15, 0.2) is 0 Å². The Morgan fingerprint density at radius 3 is 3.21 bits per heavy atom. The van der Waals surface area contributed by atoms with E-state index in [0.717, 1.165) is 31.4 Å². The largest absolute Gasteiger partial charge is 0.469 e. The van der Waals surface area contributed by atoms with Crippen LogP contribution in [0.2, 0.25) is 0 Å². The summed E-state index contributed by atoms with van der Waals surface area (Å²) >= 11 is 0. The standard InChI is InChI=1S/C11H15NO2/c13-11-6-2-1-4-9(12-11)8-10-5-3-7-14-10/h3,5,7,9H,1-2,4,6,8H2,(H,12,13). The van der Waals surface area contributed by atoms with Crippen molar-refractivity contribution in [2.75, 3.05) is 0 Å². The Morgan fingerprint density at radius 1 is 1.50 bits per heavy atom. The number of furan rings is 1. The molecular formula is C11H15NO2. The molecule has 2 rings (SSSR count). The Kier molecular flexibility index (Phi) is 2.87. The summed E-state index contributed by atoms with van der Waals surface area (Å²) in [5, 5.41) is 3.02. The van der Waals surface area contributed by atoms with Crippen LogP contribution in [0, 0.1) is 0 Å². The molecule has 0 bridgehead atoms. The molecule has 2 heterocycles. The predicted octanol–water partition coefficient (Wildman–Crippen LogP) is 1.88. The molecule has 76 valence electrons. The summed E-state index contributed by atoms with van der Waals surface area (Å²) in [4.78, 5) is 11.3. The molecular weight excluding hydrogens is 178 g/mol. The fourth-order valence-corrected chi connectivity index (χ4v) is 1.87. The lowest BCUT2D eigenvalue weighted by Crippen LogP contribution is -2.34. The summed E-state index contributed by atoms with van der Waals surface area (Å²) in [6.45, 7) is 0. The number of carbonyl (C=O) groups excluding carboxylic acids is 1. The van der Waals surface area contributed by atoms with Crippen molar-refractivity contribution in [1.29, 1.82) is 0 Å². The summed E-state index contributed by atoms with van der Waals surface area (Å²) in [6, 6.07) is 4.10. The van der Waals surface area contributed by atoms with E-state index in [1.54, 1.807) is 6.26 Å². The molecule has 1 amide bonds. The third kappa shape index (κ3) is 2.37. The smallest absolute Gasteiger partial charge is 0.220 e. The van der Waals surface area contributed by atoms with Crippen LogP contribution in [0.1, 0.15) is 31.4 Å². The Morgan fingerprint density at radius 2 is 2.43 bits per heavy atom. The number of amides is 1. The van der Waals surface area contributed by atoms with Crippen molar-refractivity contribution in [3.63, 3.8) is 0 Å². The highest BCUT2D eigenvalue weighted by Crippen LogP contribution is 2.13. The maximum Gasteiger partial charge on any atom is 0.220 e. The summed E-state index contributed by atoms with van der Waals surface area (Å²) in [5.41, 5.74) is 0. The van der Waals surface area contributed by atoms with Crippen LogP contribution < -0.4 is 5.32 Å². The van der Waals surface area contributed by atoms with Crippen molar-refractivity contribution in [2.45, 2.75) is 38.1 Å². The van der Waals surface area contributed by atoms with Crippen LogP contribution in [0.4, 0.5) is 0 Å². The Balaban J connectivity index is 1.93. The molecule has 1 unspecified atom stereocenters. The molecule has 0 aromatic carbocycles. The number of hydrogen-bond acceptors (Lipinski definition) is 2. The minimum atomic E-state index is 0.180. The van der Waals surface area contributed by atoms with Gasteiger partial charge >= 0.3 is 0 Å². The van der Waals surface area contributed by atoms with Crippen LogP contribution >= 0.6 is 0 Å². The normalized spacial score (nSPS) is 22.9. The Bertz CT molecular complexity index is 292. The average molecular weight is 193 g/mol. The van der Waals surface area contributed by atoms with Crippen molar-refractivity contribution in [3.8, 4) is 0 Å². The first-order valence-electron chi connectivity index (χ1n) is 5.16. The van der Waals surface area contributed by atoms with E-state index in [1.807, 2.05) is 12.1 Å². The second-order valence-corrected chi connectivity index (χ2v) is 3.79. The maximum absolute atomic E-state index is 11.3. The molecule has 1 saturated heterocycles. The molecule has 1 N–H and O–H groups in total. The van der Waals surface area contributed by atoms with Crippen molar-refractivity contribution in [1.82, 2.24) is 5.32 Å². The zero-order valence-corrected chi connectivity index (χ0v) is 8.16. The molecule has 0 aliphatic carbocycles. The Labute approximate surface area is 83.5 Å². The number of rotatable bonds is 2. The third-order valence-corrected chi connectivity index (χ3v) is 2.60. The molecule has 1 aromatic heterocycles. The Hall–Kier alpha value is -1.25. The quantitative estimate of drug-likeness (QED) is 0.779. The van der Waals surface area contributed by atoms with Crippen molar-refractivity contribution in [3.05, 3.63) is 24.2 Å². The first-order chi connectivity index (χ1) is 6.84. The van der Waals surface area contributed by atoms with Gasteiger partial charge in [0.25, 0.3) is 0 Å². The topological polar surface area (TPSA) is 42.2 Å². The van der Waals surface area contributed by atoms with Crippen LogP contribution in [0.15, 0.2) is 22.8 Å². The van der Waals surface area contributed by atoms with Gasteiger partial charge in [0.1, 0.15) is 5.76 Å². The first kappa shape index (κ1) is 9.31. The van der Waals surface area contributed by atoms with Gasteiger partial charge in [0.2, 0.25) is 5.91 Å². The monoisotopic (exact) mass is 193 g/mol. The van der Waals surface area contributed by atoms with Gasteiger partial charge in [-0.2, -0.15) is 0 Å². The minimum absolute atomic E-state index is 0.180. The molecule has 1 aliphatic heterocycles. The van der Waals surface area contributed by atoms with Crippen LogP contribution in [0.3, 0.4) is 0 Å². The molecule has 1 fully saturated rings. The van der Waals surface area contributed by atoms with Gasteiger partial charge in [0.05, 0.1) is 6.26 Å². The predicted molar refractivity (Wildman–Crippen MR) is 52.8 cm³/mol. The van der Waals surface area contributed by atoms with E-state index < -0.39 is 0 Å². The van der Waals surface area contributed by atoms with Crippen LogP contribution in [0.5, 0.6) is 0 Å². The van der Waals surface area contributed by atoms with Gasteiger partial charge in [-0.3, -0.25) is 4.79 Å². The summed E-state index contributed by atoms with van der Waals surface area (Å²) in [6.07, 6.45) is 6.37. The van der Waals surface area contributed by atoms with E-state index in [-0.39, 0.29) is 11.9 Å². The zero-order valence-electron chi connectivity index (χ0n) is 8.16. The summed E-state index contributed by atoms with van der Waals surface area (Å²) < 4.78 is 5.26. The fourth-order valence-electron chi connectivity index (χ4n) is 1.87. The van der Waals surface area contributed by atoms with E-state index >= 15 is 0 Å². The lowest BCUT2D eigenvalue weighted by molar-refractivity contribution is -0.121. The van der Waals surface area contributed by atoms with Crippen LogP contribution in [-0.4, -0.2) is 11.9 Å². The number of nitrogens with one attached hydrogen (secondary N) is 1. The van der Waals surface area contributed by atoms with Crippen molar-refractivity contribution in [2.24, 2.45) is 0 Å². The summed E-state index contributed by atoms with van der Waals surface area (Å²) in [7, 11) is 0. The van der Waals surface area contributed by atoms with E-state index in [1.165, 1.54) is 0 Å². The van der Waals surface area contributed by atoms with Gasteiger partial charge in [0, 0.05) is 18.9 Å². The number of carbonyl (C=O) groups is 1. The molecule has 3 nitrogen and oxygen atoms in total. The molecule has 1 aromatic rings. The second kappa shape index (κ2) is 4.31. The molecule has 0 spiro atoms. The summed E-state index contributed by atoms with van der Waals surface area (Å²) in [5.74, 6) is 1.14. The zero-order chi connectivity index (χ0) is 9.80. The van der Waals surface area contributed by atoms with E-state index in [2.05, 4.69) is 5.32 Å². The lowest BCUT2D eigenvalue weighted by atomic mass is 10.1. The van der Waals surface area contributed by atoms with Gasteiger partial charge in [-0.15, -0.1) is 0 Å². The molecule has 1 aliphatic rings. The van der Waals surface area contributed by atoms with Crippen LogP contribution in [-0.2, 0) is 11.2 Å². The average Bonchev–Trinajstić information content (AvgIpc) is 2.56. The van der Waals surface area contributed by atoms with Crippen LogP contribution in [0.25, 0.3) is 0 Å². The van der Waals surface area contributed by atoms with Gasteiger partial charge < -0.3 is 9.73 Å². The highest BCUT2D eigenvalue weighted by Gasteiger charge is 2.17. The molecule has 0 radical (unpaired) electrons. The third-order valence-electron chi connectivity index (χ3n) is 2.60. The molecule has 14 heavy (non-hydrogen) atoms. The molecule has 0 saturated carbocycles. The van der Waals surface area contributed by atoms with E-state index in [4.69, 9.17) is 4.42 Å². The van der Waals surface area contributed by atoms with E-state index in [9.17, 15) is 4.79 Å². The molecule has 1 atom stereocenters. The minimum Gasteiger partial charge on any atom is -0.469 e. The highest BCUT2D eigenvalue weighted by atomic mass is 16.3. The van der Waals surface area contributed by atoms with Gasteiger partial charge in [-0.25, -0.2) is 0 Å². The van der Waals surface area contributed by atoms with Gasteiger partial charge in [-0.05, 0) is 25.0 Å². The maximum atomic E-state index is 11.3. The first-order valence-corrected chi connectivity index (χ1v) is 5.16. The number of hydrogen-bond donors (Lipinski definition) is 1. The van der Waals surface area contributed by atoms with Crippen molar-refractivity contribution >= 4 is 5.91 Å².